The predicted octanol–water partition coefficient (Wildman–Crippen LogP) is 3.25. The molecule has 4 heteroatoms. The summed E-state index contributed by atoms with van der Waals surface area (Å²) in [6, 6.07) is 11.0. The van der Waals surface area contributed by atoms with Gasteiger partial charge in [0.25, 0.3) is 0 Å². The van der Waals surface area contributed by atoms with Crippen LogP contribution in [0.15, 0.2) is 42.5 Å². The lowest BCUT2D eigenvalue weighted by Gasteiger charge is -2.17. The summed E-state index contributed by atoms with van der Waals surface area (Å²) in [6.07, 6.45) is 0.258. The van der Waals surface area contributed by atoms with Gasteiger partial charge in [0.15, 0.2) is 5.78 Å². The number of Topliss-reactive ketones (excluding diaryl/α,β-unsaturated/α-hetero) is 1. The summed E-state index contributed by atoms with van der Waals surface area (Å²) < 4.78 is 13.0. The molecule has 3 rings (SSSR count). The number of rotatable bonds is 2. The molecule has 0 aliphatic carbocycles. The number of hydrogen-bond acceptors (Lipinski definition) is 2. The van der Waals surface area contributed by atoms with Crippen molar-refractivity contribution in [2.24, 2.45) is 0 Å². The van der Waals surface area contributed by atoms with Crippen molar-refractivity contribution >= 4 is 23.1 Å². The van der Waals surface area contributed by atoms with Crippen LogP contribution in [0.3, 0.4) is 0 Å². The Morgan fingerprint density at radius 3 is 2.50 bits per heavy atom. The number of amides is 1. The van der Waals surface area contributed by atoms with Crippen LogP contribution in [0.2, 0.25) is 0 Å². The minimum Gasteiger partial charge on any atom is -0.295 e. The van der Waals surface area contributed by atoms with Gasteiger partial charge in [-0.05, 0) is 55.0 Å². The normalized spacial score (nSPS) is 13.5. The fraction of sp³-hybridized carbons (Fsp3) is 0.125. The Hall–Kier alpha value is -2.49. The zero-order chi connectivity index (χ0) is 14.3. The van der Waals surface area contributed by atoms with E-state index >= 15 is 0 Å². The Bertz CT molecular complexity index is 707. The van der Waals surface area contributed by atoms with E-state index in [2.05, 4.69) is 0 Å². The van der Waals surface area contributed by atoms with Gasteiger partial charge in [-0.15, -0.1) is 0 Å². The Labute approximate surface area is 115 Å². The molecule has 0 spiro atoms. The second-order valence-electron chi connectivity index (χ2n) is 4.78. The predicted molar refractivity (Wildman–Crippen MR) is 73.7 cm³/mol. The molecule has 1 heterocycles. The molecule has 1 amide bonds. The van der Waals surface area contributed by atoms with Crippen molar-refractivity contribution in [3.05, 3.63) is 59.4 Å². The van der Waals surface area contributed by atoms with Gasteiger partial charge in [-0.1, -0.05) is 0 Å². The van der Waals surface area contributed by atoms with Crippen LogP contribution in [0.4, 0.5) is 15.8 Å². The van der Waals surface area contributed by atoms with E-state index < -0.39 is 0 Å². The maximum absolute atomic E-state index is 13.0. The van der Waals surface area contributed by atoms with E-state index in [1.54, 1.807) is 35.2 Å². The Kier molecular flexibility index (Phi) is 2.86. The fourth-order valence-corrected chi connectivity index (χ4v) is 2.41. The molecular formula is C16H12FNO2. The highest BCUT2D eigenvalue weighted by molar-refractivity contribution is 6.08. The van der Waals surface area contributed by atoms with Crippen molar-refractivity contribution in [1.82, 2.24) is 0 Å². The van der Waals surface area contributed by atoms with E-state index in [1.807, 2.05) is 0 Å². The first-order valence-corrected chi connectivity index (χ1v) is 6.28. The number of nitrogens with zero attached hydrogens (tertiary/aromatic N) is 1. The highest BCUT2D eigenvalue weighted by atomic mass is 19.1. The van der Waals surface area contributed by atoms with Crippen molar-refractivity contribution in [1.29, 1.82) is 0 Å². The first-order chi connectivity index (χ1) is 9.56. The van der Waals surface area contributed by atoms with Gasteiger partial charge in [-0.25, -0.2) is 4.39 Å². The summed E-state index contributed by atoms with van der Waals surface area (Å²) in [5.74, 6) is -0.444. The fourth-order valence-electron chi connectivity index (χ4n) is 2.41. The molecular weight excluding hydrogens is 257 g/mol. The van der Waals surface area contributed by atoms with Crippen LogP contribution < -0.4 is 4.90 Å². The van der Waals surface area contributed by atoms with E-state index in [9.17, 15) is 14.0 Å². The number of carbonyl (C=O) groups excluding carboxylic acids is 2. The summed E-state index contributed by atoms with van der Waals surface area (Å²) in [5.41, 5.74) is 2.81. The number of anilines is 2. The number of carbonyl (C=O) groups is 2. The van der Waals surface area contributed by atoms with E-state index in [0.29, 0.717) is 11.3 Å². The third-order valence-corrected chi connectivity index (χ3v) is 3.40. The second-order valence-corrected chi connectivity index (χ2v) is 4.78. The van der Waals surface area contributed by atoms with Crippen LogP contribution in [-0.4, -0.2) is 11.7 Å². The average Bonchev–Trinajstić information content (AvgIpc) is 2.74. The molecule has 0 radical (unpaired) electrons. The third-order valence-electron chi connectivity index (χ3n) is 3.40. The molecule has 100 valence electrons. The van der Waals surface area contributed by atoms with E-state index in [1.165, 1.54) is 19.1 Å². The molecule has 0 atom stereocenters. The highest BCUT2D eigenvalue weighted by Crippen LogP contribution is 2.35. The second kappa shape index (κ2) is 4.56. The molecule has 0 fully saturated rings. The molecule has 0 saturated heterocycles. The van der Waals surface area contributed by atoms with Crippen LogP contribution in [0.1, 0.15) is 22.8 Å². The molecule has 1 aliphatic heterocycles. The number of ketones is 1. The number of benzene rings is 2. The summed E-state index contributed by atoms with van der Waals surface area (Å²) in [6.45, 7) is 1.50. The van der Waals surface area contributed by atoms with E-state index in [0.717, 1.165) is 11.3 Å². The van der Waals surface area contributed by atoms with Crippen molar-refractivity contribution < 1.29 is 14.0 Å². The first-order valence-electron chi connectivity index (χ1n) is 6.28. The molecule has 2 aromatic rings. The van der Waals surface area contributed by atoms with Crippen molar-refractivity contribution in [2.45, 2.75) is 13.3 Å². The number of halogens is 1. The van der Waals surface area contributed by atoms with Crippen LogP contribution in [-0.2, 0) is 11.2 Å². The number of hydrogen-bond donors (Lipinski definition) is 0. The first kappa shape index (κ1) is 12.5. The molecule has 2 aromatic carbocycles. The maximum Gasteiger partial charge on any atom is 0.236 e. The van der Waals surface area contributed by atoms with Crippen molar-refractivity contribution in [3.8, 4) is 0 Å². The Morgan fingerprint density at radius 2 is 1.85 bits per heavy atom. The van der Waals surface area contributed by atoms with E-state index in [-0.39, 0.29) is 23.9 Å². The summed E-state index contributed by atoms with van der Waals surface area (Å²) in [7, 11) is 0. The molecule has 20 heavy (non-hydrogen) atoms. The standard InChI is InChI=1S/C16H12FNO2/c1-10(19)11-2-7-15-12(8-11)9-16(20)18(15)14-5-3-13(17)4-6-14/h2-8H,9H2,1H3. The zero-order valence-corrected chi connectivity index (χ0v) is 10.9. The summed E-state index contributed by atoms with van der Waals surface area (Å²) in [5, 5.41) is 0. The molecule has 0 bridgehead atoms. The van der Waals surface area contributed by atoms with Gasteiger partial charge in [0.1, 0.15) is 5.82 Å². The van der Waals surface area contributed by atoms with Gasteiger partial charge >= 0.3 is 0 Å². The van der Waals surface area contributed by atoms with Crippen molar-refractivity contribution in [3.63, 3.8) is 0 Å². The lowest BCUT2D eigenvalue weighted by Crippen LogP contribution is -2.20. The van der Waals surface area contributed by atoms with Gasteiger partial charge < -0.3 is 0 Å². The van der Waals surface area contributed by atoms with Crippen molar-refractivity contribution in [2.75, 3.05) is 4.90 Å². The smallest absolute Gasteiger partial charge is 0.236 e. The topological polar surface area (TPSA) is 37.4 Å². The monoisotopic (exact) mass is 269 g/mol. The lowest BCUT2D eigenvalue weighted by atomic mass is 10.1. The van der Waals surface area contributed by atoms with Crippen LogP contribution >= 0.6 is 0 Å². The van der Waals surface area contributed by atoms with Gasteiger partial charge in [0, 0.05) is 11.3 Å². The summed E-state index contributed by atoms with van der Waals surface area (Å²) >= 11 is 0. The quantitative estimate of drug-likeness (QED) is 0.785. The van der Waals surface area contributed by atoms with Gasteiger partial charge in [-0.3, -0.25) is 14.5 Å². The lowest BCUT2D eigenvalue weighted by molar-refractivity contribution is -0.116. The Morgan fingerprint density at radius 1 is 1.15 bits per heavy atom. The number of fused-ring (bicyclic) bond motifs is 1. The molecule has 0 N–H and O–H groups in total. The van der Waals surface area contributed by atoms with Crippen LogP contribution in [0.5, 0.6) is 0 Å². The molecule has 0 aromatic heterocycles. The van der Waals surface area contributed by atoms with Gasteiger partial charge in [-0.2, -0.15) is 0 Å². The van der Waals surface area contributed by atoms with E-state index in [4.69, 9.17) is 0 Å². The average molecular weight is 269 g/mol. The SMILES string of the molecule is CC(=O)c1ccc2c(c1)CC(=O)N2c1ccc(F)cc1. The minimum atomic E-state index is -0.340. The minimum absolute atomic E-state index is 0.0273. The van der Waals surface area contributed by atoms with Gasteiger partial charge in [0.05, 0.1) is 12.1 Å². The van der Waals surface area contributed by atoms with Crippen LogP contribution in [0.25, 0.3) is 0 Å². The Balaban J connectivity index is 2.06. The molecule has 3 nitrogen and oxygen atoms in total. The maximum atomic E-state index is 13.0. The zero-order valence-electron chi connectivity index (χ0n) is 10.9. The largest absolute Gasteiger partial charge is 0.295 e. The van der Waals surface area contributed by atoms with Crippen LogP contribution in [0, 0.1) is 5.82 Å². The third kappa shape index (κ3) is 1.99. The van der Waals surface area contributed by atoms with Gasteiger partial charge in [0.2, 0.25) is 5.91 Å². The highest BCUT2D eigenvalue weighted by Gasteiger charge is 2.28. The molecule has 0 unspecified atom stereocenters. The molecule has 0 saturated carbocycles. The molecule has 1 aliphatic rings. The summed E-state index contributed by atoms with van der Waals surface area (Å²) in [4.78, 5) is 25.1.